The second-order valence-electron chi connectivity index (χ2n) is 7.96. The summed E-state index contributed by atoms with van der Waals surface area (Å²) in [5.74, 6) is -1.10. The Bertz CT molecular complexity index is 372. The Kier molecular flexibility index (Phi) is 14.7. The Morgan fingerprint density at radius 1 is 0.923 bits per heavy atom. The van der Waals surface area contributed by atoms with Gasteiger partial charge in [-0.25, -0.2) is 0 Å². The summed E-state index contributed by atoms with van der Waals surface area (Å²) in [6.45, 7) is 11.6. The predicted octanol–water partition coefficient (Wildman–Crippen LogP) is 5.01. The summed E-state index contributed by atoms with van der Waals surface area (Å²) in [5.41, 5.74) is 0. The van der Waals surface area contributed by atoms with Crippen molar-refractivity contribution >= 4 is 5.97 Å². The number of aliphatic hydroxyl groups excluding tert-OH is 1. The van der Waals surface area contributed by atoms with E-state index >= 15 is 0 Å². The highest BCUT2D eigenvalue weighted by molar-refractivity contribution is 5.69. The largest absolute Gasteiger partial charge is 0.481 e. The van der Waals surface area contributed by atoms with Gasteiger partial charge < -0.3 is 14.7 Å². The van der Waals surface area contributed by atoms with Crippen LogP contribution in [0.15, 0.2) is 12.2 Å². The first-order chi connectivity index (χ1) is 12.4. The molecule has 0 saturated carbocycles. The fourth-order valence-corrected chi connectivity index (χ4v) is 3.66. The molecule has 2 N–H and O–H groups in total. The predicted molar refractivity (Wildman–Crippen MR) is 110 cm³/mol. The van der Waals surface area contributed by atoms with Crippen LogP contribution in [-0.4, -0.2) is 52.9 Å². The van der Waals surface area contributed by atoms with E-state index < -0.39 is 12.1 Å². The van der Waals surface area contributed by atoms with Gasteiger partial charge in [0.2, 0.25) is 0 Å². The summed E-state index contributed by atoms with van der Waals surface area (Å²) in [4.78, 5) is 11.5. The zero-order valence-corrected chi connectivity index (χ0v) is 17.8. The summed E-state index contributed by atoms with van der Waals surface area (Å²) in [5, 5.41) is 20.1. The molecule has 0 spiro atoms. The average molecular weight is 371 g/mol. The SMILES string of the molecule is CCC/C=C/CC(O)C[N+](CCCCC)(CCCCC)CC(C)C(=O)O. The van der Waals surface area contributed by atoms with Crippen LogP contribution in [0.3, 0.4) is 0 Å². The molecule has 0 aliphatic rings. The number of rotatable bonds is 17. The maximum absolute atomic E-state index is 11.5. The molecule has 0 aliphatic carbocycles. The molecule has 2 unspecified atom stereocenters. The third-order valence-corrected chi connectivity index (χ3v) is 5.18. The Morgan fingerprint density at radius 2 is 1.50 bits per heavy atom. The van der Waals surface area contributed by atoms with E-state index in [0.29, 0.717) is 19.5 Å². The Hall–Kier alpha value is -0.870. The van der Waals surface area contributed by atoms with Gasteiger partial charge in [0.25, 0.3) is 0 Å². The molecule has 0 aromatic heterocycles. The number of aliphatic carboxylic acids is 1. The normalized spacial score (nSPS) is 14.7. The molecule has 0 saturated heterocycles. The number of unbranched alkanes of at least 4 members (excludes halogenated alkanes) is 5. The molecule has 0 aromatic carbocycles. The van der Waals surface area contributed by atoms with Gasteiger partial charge in [-0.2, -0.15) is 0 Å². The molecular formula is C22H44NO3+. The van der Waals surface area contributed by atoms with Crippen LogP contribution in [0.1, 0.15) is 85.5 Å². The van der Waals surface area contributed by atoms with Crippen molar-refractivity contribution in [1.29, 1.82) is 0 Å². The number of carboxylic acids is 1. The molecule has 4 nitrogen and oxygen atoms in total. The van der Waals surface area contributed by atoms with Crippen LogP contribution in [0.5, 0.6) is 0 Å². The van der Waals surface area contributed by atoms with E-state index in [4.69, 9.17) is 0 Å². The fraction of sp³-hybridized carbons (Fsp3) is 0.864. The van der Waals surface area contributed by atoms with Crippen molar-refractivity contribution < 1.29 is 19.5 Å². The van der Waals surface area contributed by atoms with Gasteiger partial charge in [0.05, 0.1) is 19.6 Å². The Morgan fingerprint density at radius 3 is 1.96 bits per heavy atom. The second kappa shape index (κ2) is 15.2. The minimum absolute atomic E-state index is 0.374. The number of carbonyl (C=O) groups is 1. The number of allylic oxidation sites excluding steroid dienone is 1. The summed E-state index contributed by atoms with van der Waals surface area (Å²) < 4.78 is 0.746. The topological polar surface area (TPSA) is 57.5 Å². The van der Waals surface area contributed by atoms with Gasteiger partial charge in [0, 0.05) is 0 Å². The maximum atomic E-state index is 11.5. The van der Waals surface area contributed by atoms with Crippen molar-refractivity contribution in [2.45, 2.75) is 91.6 Å². The molecule has 0 aliphatic heterocycles. The van der Waals surface area contributed by atoms with Crippen molar-refractivity contribution in [2.24, 2.45) is 5.92 Å². The fourth-order valence-electron chi connectivity index (χ4n) is 3.66. The van der Waals surface area contributed by atoms with Gasteiger partial charge in [-0.3, -0.25) is 4.79 Å². The molecular weight excluding hydrogens is 326 g/mol. The monoisotopic (exact) mass is 370 g/mol. The van der Waals surface area contributed by atoms with Crippen molar-refractivity contribution in [1.82, 2.24) is 0 Å². The van der Waals surface area contributed by atoms with Crippen molar-refractivity contribution in [2.75, 3.05) is 26.2 Å². The first-order valence-corrected chi connectivity index (χ1v) is 10.8. The summed E-state index contributed by atoms with van der Waals surface area (Å²) in [7, 11) is 0. The second-order valence-corrected chi connectivity index (χ2v) is 7.96. The van der Waals surface area contributed by atoms with E-state index in [1.165, 1.54) is 12.8 Å². The van der Waals surface area contributed by atoms with Crippen molar-refractivity contribution in [3.63, 3.8) is 0 Å². The smallest absolute Gasteiger partial charge is 0.311 e. The number of hydrogen-bond donors (Lipinski definition) is 2. The summed E-state index contributed by atoms with van der Waals surface area (Å²) in [6.07, 6.45) is 13.5. The van der Waals surface area contributed by atoms with Gasteiger partial charge in [-0.15, -0.1) is 0 Å². The maximum Gasteiger partial charge on any atom is 0.311 e. The number of carboxylic acid groups (broad SMARTS) is 1. The highest BCUT2D eigenvalue weighted by Crippen LogP contribution is 2.19. The van der Waals surface area contributed by atoms with E-state index in [1.54, 1.807) is 0 Å². The molecule has 0 rings (SSSR count). The standard InChI is InChI=1S/C22H43NO3/c1-5-8-11-12-15-21(24)19-23(16-13-9-6-2,17-14-10-7-3)18-20(4)22(25)26/h11-12,20-21,24H,5-10,13-19H2,1-4H3/p+1/b12-11+. The highest BCUT2D eigenvalue weighted by atomic mass is 16.4. The number of hydrogen-bond acceptors (Lipinski definition) is 2. The van der Waals surface area contributed by atoms with Gasteiger partial charge in [-0.1, -0.05) is 52.2 Å². The van der Waals surface area contributed by atoms with E-state index in [2.05, 4.69) is 32.9 Å². The lowest BCUT2D eigenvalue weighted by Crippen LogP contribution is -2.56. The van der Waals surface area contributed by atoms with Crippen LogP contribution in [-0.2, 0) is 4.79 Å². The molecule has 0 radical (unpaired) electrons. The van der Waals surface area contributed by atoms with Gasteiger partial charge in [-0.05, 0) is 45.4 Å². The average Bonchev–Trinajstić information content (AvgIpc) is 2.59. The van der Waals surface area contributed by atoms with Crippen LogP contribution >= 0.6 is 0 Å². The van der Waals surface area contributed by atoms with Crippen LogP contribution in [0.4, 0.5) is 0 Å². The van der Waals surface area contributed by atoms with E-state index in [-0.39, 0.29) is 5.92 Å². The van der Waals surface area contributed by atoms with E-state index in [1.807, 2.05) is 6.92 Å². The zero-order chi connectivity index (χ0) is 19.8. The molecule has 0 bridgehead atoms. The minimum Gasteiger partial charge on any atom is -0.481 e. The lowest BCUT2D eigenvalue weighted by Gasteiger charge is -2.41. The molecule has 26 heavy (non-hydrogen) atoms. The van der Waals surface area contributed by atoms with Gasteiger partial charge >= 0.3 is 5.97 Å². The lowest BCUT2D eigenvalue weighted by atomic mass is 10.0. The highest BCUT2D eigenvalue weighted by Gasteiger charge is 2.33. The van der Waals surface area contributed by atoms with E-state index in [9.17, 15) is 15.0 Å². The number of aliphatic hydroxyl groups is 1. The van der Waals surface area contributed by atoms with Crippen molar-refractivity contribution in [3.05, 3.63) is 12.2 Å². The first-order valence-electron chi connectivity index (χ1n) is 10.8. The van der Waals surface area contributed by atoms with Crippen LogP contribution in [0.2, 0.25) is 0 Å². The van der Waals surface area contributed by atoms with Gasteiger partial charge in [0.15, 0.2) is 0 Å². The lowest BCUT2D eigenvalue weighted by molar-refractivity contribution is -0.933. The molecule has 0 heterocycles. The third kappa shape index (κ3) is 11.7. The Balaban J connectivity index is 5.13. The number of quaternary nitrogens is 1. The van der Waals surface area contributed by atoms with E-state index in [0.717, 1.165) is 56.1 Å². The molecule has 0 amide bonds. The first kappa shape index (κ1) is 25.1. The zero-order valence-electron chi connectivity index (χ0n) is 17.8. The summed E-state index contributed by atoms with van der Waals surface area (Å²) in [6, 6.07) is 0. The van der Waals surface area contributed by atoms with Gasteiger partial charge in [0.1, 0.15) is 18.6 Å². The number of nitrogens with zero attached hydrogens (tertiary/aromatic N) is 1. The van der Waals surface area contributed by atoms with Crippen molar-refractivity contribution in [3.8, 4) is 0 Å². The molecule has 2 atom stereocenters. The molecule has 4 heteroatoms. The van der Waals surface area contributed by atoms with Crippen LogP contribution < -0.4 is 0 Å². The minimum atomic E-state index is -0.726. The molecule has 154 valence electrons. The van der Waals surface area contributed by atoms with Crippen LogP contribution in [0, 0.1) is 5.92 Å². The molecule has 0 fully saturated rings. The summed E-state index contributed by atoms with van der Waals surface area (Å²) >= 11 is 0. The third-order valence-electron chi connectivity index (χ3n) is 5.18. The molecule has 0 aromatic rings. The Labute approximate surface area is 161 Å². The van der Waals surface area contributed by atoms with Crippen LogP contribution in [0.25, 0.3) is 0 Å². The quantitative estimate of drug-likeness (QED) is 0.215.